The number of benzene rings is 2. The lowest BCUT2D eigenvalue weighted by atomic mass is 10.1. The van der Waals surface area contributed by atoms with Gasteiger partial charge in [-0.1, -0.05) is 15.9 Å². The molecule has 0 aromatic heterocycles. The number of hydrazone groups is 1. The average Bonchev–Trinajstić information content (AvgIpc) is 2.69. The average molecular weight is 450 g/mol. The number of amides is 2. The van der Waals surface area contributed by atoms with E-state index in [1.807, 2.05) is 0 Å². The minimum Gasteiger partial charge on any atom is -0.504 e. The highest BCUT2D eigenvalue weighted by atomic mass is 79.9. The molecule has 0 saturated heterocycles. The van der Waals surface area contributed by atoms with Crippen LogP contribution in [0.4, 0.5) is 5.69 Å². The van der Waals surface area contributed by atoms with Crippen LogP contribution < -0.4 is 20.2 Å². The molecule has 0 aliphatic carbocycles. The number of carbonyl (C=O) groups is 2. The molecule has 1 atom stereocenters. The molecule has 0 saturated carbocycles. The Morgan fingerprint density at radius 1 is 1.14 bits per heavy atom. The number of aromatic hydroxyl groups is 1. The van der Waals surface area contributed by atoms with Crippen molar-refractivity contribution in [3.63, 3.8) is 0 Å². The molecule has 2 rings (SSSR count). The second-order valence-electron chi connectivity index (χ2n) is 5.72. The van der Waals surface area contributed by atoms with Crippen molar-refractivity contribution in [2.75, 3.05) is 19.5 Å². The Morgan fingerprint density at radius 3 is 2.43 bits per heavy atom. The highest BCUT2D eigenvalue weighted by molar-refractivity contribution is 9.10. The molecule has 0 bridgehead atoms. The molecule has 148 valence electrons. The lowest BCUT2D eigenvalue weighted by Crippen LogP contribution is -2.34. The molecular weight excluding hydrogens is 430 g/mol. The first-order chi connectivity index (χ1) is 13.3. The number of nitrogens with zero attached hydrogens (tertiary/aromatic N) is 1. The molecule has 8 nitrogen and oxygen atoms in total. The Morgan fingerprint density at radius 2 is 1.82 bits per heavy atom. The summed E-state index contributed by atoms with van der Waals surface area (Å²) in [5.41, 5.74) is 3.16. The summed E-state index contributed by atoms with van der Waals surface area (Å²) in [4.78, 5) is 24.3. The van der Waals surface area contributed by atoms with Gasteiger partial charge in [0.2, 0.25) is 5.91 Å². The highest BCUT2D eigenvalue weighted by Gasteiger charge is 2.21. The topological polar surface area (TPSA) is 109 Å². The number of phenols is 1. The number of methoxy groups -OCH3 is 2. The molecule has 9 heteroatoms. The van der Waals surface area contributed by atoms with Crippen LogP contribution in [0, 0.1) is 5.92 Å². The number of anilines is 1. The summed E-state index contributed by atoms with van der Waals surface area (Å²) in [6.45, 7) is 1.46. The van der Waals surface area contributed by atoms with E-state index in [0.29, 0.717) is 21.5 Å². The zero-order valence-corrected chi connectivity index (χ0v) is 17.1. The molecule has 2 amide bonds. The van der Waals surface area contributed by atoms with Crippen molar-refractivity contribution in [3.8, 4) is 17.2 Å². The number of rotatable bonds is 7. The van der Waals surface area contributed by atoms with Gasteiger partial charge < -0.3 is 19.9 Å². The second-order valence-corrected chi connectivity index (χ2v) is 6.64. The van der Waals surface area contributed by atoms with Gasteiger partial charge in [0.15, 0.2) is 11.5 Å². The van der Waals surface area contributed by atoms with E-state index in [0.717, 1.165) is 0 Å². The van der Waals surface area contributed by atoms with Crippen molar-refractivity contribution in [2.45, 2.75) is 6.92 Å². The van der Waals surface area contributed by atoms with Gasteiger partial charge in [0.25, 0.3) is 5.91 Å². The number of hydrogen-bond acceptors (Lipinski definition) is 6. The van der Waals surface area contributed by atoms with E-state index in [9.17, 15) is 14.7 Å². The summed E-state index contributed by atoms with van der Waals surface area (Å²) < 4.78 is 10.8. The fraction of sp³-hybridized carbons (Fsp3) is 0.211. The zero-order valence-electron chi connectivity index (χ0n) is 15.5. The molecule has 0 aliphatic heterocycles. The van der Waals surface area contributed by atoms with Crippen molar-refractivity contribution in [2.24, 2.45) is 11.0 Å². The van der Waals surface area contributed by atoms with E-state index in [-0.39, 0.29) is 11.5 Å². The van der Waals surface area contributed by atoms with Gasteiger partial charge in [-0.05, 0) is 43.3 Å². The fourth-order valence-corrected chi connectivity index (χ4v) is 2.61. The summed E-state index contributed by atoms with van der Waals surface area (Å²) in [5, 5.41) is 16.5. The van der Waals surface area contributed by atoms with Crippen LogP contribution in [0.1, 0.15) is 12.5 Å². The normalized spacial score (nSPS) is 11.7. The number of phenolic OH excluding ortho intramolecular Hbond substituents is 1. The lowest BCUT2D eigenvalue weighted by molar-refractivity contribution is -0.131. The van der Waals surface area contributed by atoms with E-state index in [1.54, 1.807) is 43.5 Å². The standard InChI is InChI=1S/C19H20BrN3O5/c1-11(18(25)22-14-4-6-15(27-2)7-5-14)19(26)23-21-10-12-8-13(20)9-16(28-3)17(12)24/h4-11,24H,1-3H3,(H,22,25)(H,23,26)/b21-10+. The largest absolute Gasteiger partial charge is 0.504 e. The van der Waals surface area contributed by atoms with Gasteiger partial charge in [0, 0.05) is 15.7 Å². The molecule has 0 spiro atoms. The fourth-order valence-electron chi connectivity index (χ4n) is 2.15. The molecule has 2 aromatic carbocycles. The molecule has 1 unspecified atom stereocenters. The van der Waals surface area contributed by atoms with Crippen LogP contribution in [-0.4, -0.2) is 37.4 Å². The van der Waals surface area contributed by atoms with Crippen molar-refractivity contribution >= 4 is 39.6 Å². The van der Waals surface area contributed by atoms with Crippen LogP contribution in [0.3, 0.4) is 0 Å². The Labute approximate surface area is 170 Å². The van der Waals surface area contributed by atoms with Crippen LogP contribution in [0.2, 0.25) is 0 Å². The first kappa shape index (κ1) is 21.2. The Bertz CT molecular complexity index is 884. The molecule has 0 aliphatic rings. The molecule has 0 heterocycles. The van der Waals surface area contributed by atoms with Gasteiger partial charge in [0.1, 0.15) is 11.7 Å². The maximum absolute atomic E-state index is 12.2. The van der Waals surface area contributed by atoms with Crippen LogP contribution in [0.15, 0.2) is 46.0 Å². The number of ether oxygens (including phenoxy) is 2. The van der Waals surface area contributed by atoms with Crippen LogP contribution in [0.25, 0.3) is 0 Å². The van der Waals surface area contributed by atoms with Gasteiger partial charge in [-0.3, -0.25) is 9.59 Å². The van der Waals surface area contributed by atoms with E-state index in [1.165, 1.54) is 20.2 Å². The SMILES string of the molecule is COc1ccc(NC(=O)C(C)C(=O)N/N=C/c2cc(Br)cc(OC)c2O)cc1. The molecule has 28 heavy (non-hydrogen) atoms. The summed E-state index contributed by atoms with van der Waals surface area (Å²) >= 11 is 3.29. The monoisotopic (exact) mass is 449 g/mol. The number of halogens is 1. The van der Waals surface area contributed by atoms with Crippen LogP contribution in [-0.2, 0) is 9.59 Å². The minimum absolute atomic E-state index is 0.117. The number of hydrogen-bond donors (Lipinski definition) is 3. The summed E-state index contributed by atoms with van der Waals surface area (Å²) in [6, 6.07) is 9.93. The van der Waals surface area contributed by atoms with E-state index in [2.05, 4.69) is 31.8 Å². The molecule has 2 aromatic rings. The first-order valence-electron chi connectivity index (χ1n) is 8.20. The maximum Gasteiger partial charge on any atom is 0.252 e. The highest BCUT2D eigenvalue weighted by Crippen LogP contribution is 2.32. The third-order valence-electron chi connectivity index (χ3n) is 3.81. The van der Waals surface area contributed by atoms with Crippen molar-refractivity contribution < 1.29 is 24.2 Å². The van der Waals surface area contributed by atoms with Gasteiger partial charge in [-0.15, -0.1) is 0 Å². The zero-order chi connectivity index (χ0) is 20.7. The van der Waals surface area contributed by atoms with Gasteiger partial charge in [0.05, 0.1) is 20.4 Å². The van der Waals surface area contributed by atoms with Crippen molar-refractivity contribution in [1.29, 1.82) is 0 Å². The lowest BCUT2D eigenvalue weighted by Gasteiger charge is -2.11. The summed E-state index contributed by atoms with van der Waals surface area (Å²) in [5.74, 6) is -1.26. The Balaban J connectivity index is 1.97. The third kappa shape index (κ3) is 5.46. The third-order valence-corrected chi connectivity index (χ3v) is 4.27. The predicted octanol–water partition coefficient (Wildman–Crippen LogP) is 2.90. The predicted molar refractivity (Wildman–Crippen MR) is 109 cm³/mol. The van der Waals surface area contributed by atoms with Crippen molar-refractivity contribution in [3.05, 3.63) is 46.4 Å². The summed E-state index contributed by atoms with van der Waals surface area (Å²) in [6.07, 6.45) is 1.26. The smallest absolute Gasteiger partial charge is 0.252 e. The Kier molecular flexibility index (Phi) is 7.39. The van der Waals surface area contributed by atoms with Gasteiger partial charge >= 0.3 is 0 Å². The Hall–Kier alpha value is -3.07. The molecule has 3 N–H and O–H groups in total. The summed E-state index contributed by atoms with van der Waals surface area (Å²) in [7, 11) is 2.97. The second kappa shape index (κ2) is 9.75. The molecule has 0 fully saturated rings. The number of nitrogens with one attached hydrogen (secondary N) is 2. The van der Waals surface area contributed by atoms with Crippen LogP contribution >= 0.6 is 15.9 Å². The van der Waals surface area contributed by atoms with E-state index in [4.69, 9.17) is 9.47 Å². The first-order valence-corrected chi connectivity index (χ1v) is 8.99. The number of carbonyl (C=O) groups excluding carboxylic acids is 2. The molecular formula is C19H20BrN3O5. The molecule has 0 radical (unpaired) electrons. The van der Waals surface area contributed by atoms with E-state index < -0.39 is 17.7 Å². The maximum atomic E-state index is 12.2. The van der Waals surface area contributed by atoms with Crippen molar-refractivity contribution in [1.82, 2.24) is 5.43 Å². The van der Waals surface area contributed by atoms with Gasteiger partial charge in [-0.25, -0.2) is 5.43 Å². The van der Waals surface area contributed by atoms with E-state index >= 15 is 0 Å². The quantitative estimate of drug-likeness (QED) is 0.342. The van der Waals surface area contributed by atoms with Crippen LogP contribution in [0.5, 0.6) is 17.2 Å². The van der Waals surface area contributed by atoms with Gasteiger partial charge in [-0.2, -0.15) is 5.10 Å². The minimum atomic E-state index is -0.982.